The Bertz CT molecular complexity index is 2550. The van der Waals surface area contributed by atoms with E-state index < -0.39 is 54.3 Å². The van der Waals surface area contributed by atoms with E-state index in [1.54, 1.807) is 30.2 Å². The molecule has 3 aromatic carbocycles. The molecule has 6 aromatic rings. The van der Waals surface area contributed by atoms with Crippen LogP contribution in [0.2, 0.25) is 5.04 Å². The number of carbonyl (C=O) groups excluding carboxylic acids is 1. The summed E-state index contributed by atoms with van der Waals surface area (Å²) in [5.74, 6) is -4.98. The second-order valence-electron chi connectivity index (χ2n) is 16.3. The van der Waals surface area contributed by atoms with E-state index in [0.29, 0.717) is 16.9 Å². The molecule has 14 heteroatoms. The molecular formula is C45H44F5N5O3Si. The van der Waals surface area contributed by atoms with Crippen molar-refractivity contribution in [3.05, 3.63) is 131 Å². The lowest BCUT2D eigenvalue weighted by atomic mass is 9.92. The first-order valence-corrected chi connectivity index (χ1v) is 21.4. The Hall–Kier alpha value is -5.76. The van der Waals surface area contributed by atoms with Gasteiger partial charge in [-0.25, -0.2) is 23.1 Å². The molecule has 1 saturated heterocycles. The van der Waals surface area contributed by atoms with Crippen molar-refractivity contribution in [2.75, 3.05) is 18.0 Å². The maximum atomic E-state index is 17.1. The van der Waals surface area contributed by atoms with Gasteiger partial charge in [-0.1, -0.05) is 101 Å². The molecule has 0 unspecified atom stereocenters. The monoisotopic (exact) mass is 825 g/mol. The molecule has 0 bridgehead atoms. The minimum atomic E-state index is -4.98. The van der Waals surface area contributed by atoms with Gasteiger partial charge in [0.15, 0.2) is 11.5 Å². The summed E-state index contributed by atoms with van der Waals surface area (Å²) in [7, 11) is -3.40. The third-order valence-corrected chi connectivity index (χ3v) is 16.0. The second-order valence-corrected chi connectivity index (χ2v) is 20.5. The first-order chi connectivity index (χ1) is 27.9. The normalized spacial score (nSPS) is 14.3. The van der Waals surface area contributed by atoms with E-state index in [4.69, 9.17) is 9.41 Å². The fourth-order valence-corrected chi connectivity index (χ4v) is 12.7. The number of aromatic nitrogens is 4. The van der Waals surface area contributed by atoms with Crippen LogP contribution in [0.15, 0.2) is 102 Å². The van der Waals surface area contributed by atoms with Crippen LogP contribution in [0.1, 0.15) is 64.6 Å². The van der Waals surface area contributed by atoms with Crippen molar-refractivity contribution in [1.29, 1.82) is 0 Å². The number of nitrogens with zero attached hydrogens (tertiary/aromatic N) is 5. The summed E-state index contributed by atoms with van der Waals surface area (Å²) in [6.07, 6.45) is -3.68. The highest BCUT2D eigenvalue weighted by atomic mass is 28.4. The predicted octanol–water partition coefficient (Wildman–Crippen LogP) is 8.84. The minimum absolute atomic E-state index is 0.0120. The smallest absolute Gasteiger partial charge is 0.450 e. The van der Waals surface area contributed by atoms with Crippen LogP contribution in [0.25, 0.3) is 28.0 Å². The summed E-state index contributed by atoms with van der Waals surface area (Å²) in [5.41, 5.74) is -0.00454. The number of rotatable bonds is 9. The number of fused-ring (bicyclic) bond motifs is 1. The third kappa shape index (κ3) is 7.54. The van der Waals surface area contributed by atoms with E-state index in [1.807, 2.05) is 74.5 Å². The summed E-state index contributed by atoms with van der Waals surface area (Å²) >= 11 is 0. The highest BCUT2D eigenvalue weighted by Crippen LogP contribution is 2.43. The molecule has 59 heavy (non-hydrogen) atoms. The van der Waals surface area contributed by atoms with Crippen LogP contribution in [0.4, 0.5) is 27.8 Å². The number of aryl methyl sites for hydroxylation is 1. The number of Topliss-reactive ketones (excluding diaryl/α,β-unsaturated/α-hetero) is 1. The lowest BCUT2D eigenvalue weighted by molar-refractivity contribution is -0.176. The molecule has 0 saturated carbocycles. The summed E-state index contributed by atoms with van der Waals surface area (Å²) in [6, 6.07) is 26.5. The first kappa shape index (κ1) is 41.4. The first-order valence-electron chi connectivity index (χ1n) is 19.5. The lowest BCUT2D eigenvalue weighted by Crippen LogP contribution is -2.68. The van der Waals surface area contributed by atoms with E-state index in [9.17, 15) is 22.8 Å². The lowest BCUT2D eigenvalue weighted by Gasteiger charge is -2.43. The molecular weight excluding hydrogens is 782 g/mol. The highest BCUT2D eigenvalue weighted by Gasteiger charge is 2.52. The molecule has 1 fully saturated rings. The number of carbonyl (C=O) groups is 1. The zero-order chi connectivity index (χ0) is 42.4. The van der Waals surface area contributed by atoms with E-state index in [2.05, 4.69) is 30.7 Å². The van der Waals surface area contributed by atoms with Crippen LogP contribution in [-0.4, -0.2) is 52.9 Å². The molecule has 0 radical (unpaired) electrons. The van der Waals surface area contributed by atoms with Crippen molar-refractivity contribution >= 4 is 41.3 Å². The molecule has 0 atom stereocenters. The molecule has 0 aliphatic carbocycles. The van der Waals surface area contributed by atoms with E-state index in [0.717, 1.165) is 16.4 Å². The molecule has 1 aliphatic rings. The van der Waals surface area contributed by atoms with E-state index >= 15 is 8.78 Å². The van der Waals surface area contributed by atoms with Crippen molar-refractivity contribution in [3.63, 3.8) is 0 Å². The molecule has 4 heterocycles. The maximum Gasteiger partial charge on any atom is 0.450 e. The summed E-state index contributed by atoms with van der Waals surface area (Å²) in [6.45, 7) is 11.6. The highest BCUT2D eigenvalue weighted by molar-refractivity contribution is 7.00. The summed E-state index contributed by atoms with van der Waals surface area (Å²) in [5, 5.41) is 1.33. The zero-order valence-corrected chi connectivity index (χ0v) is 34.6. The van der Waals surface area contributed by atoms with Gasteiger partial charge < -0.3 is 9.33 Å². The van der Waals surface area contributed by atoms with Gasteiger partial charge in [0, 0.05) is 25.2 Å². The van der Waals surface area contributed by atoms with Gasteiger partial charge in [0.25, 0.3) is 0 Å². The number of benzene rings is 3. The zero-order valence-electron chi connectivity index (χ0n) is 33.6. The minimum Gasteiger partial charge on any atom is -0.533 e. The Morgan fingerprint density at radius 3 is 2.02 bits per heavy atom. The Labute approximate surface area is 339 Å². The molecule has 1 aliphatic heterocycles. The molecule has 306 valence electrons. The van der Waals surface area contributed by atoms with Crippen molar-refractivity contribution in [2.24, 2.45) is 5.92 Å². The average Bonchev–Trinajstić information content (AvgIpc) is 3.19. The Kier molecular flexibility index (Phi) is 11.1. The van der Waals surface area contributed by atoms with E-state index in [1.165, 1.54) is 16.7 Å². The number of halogens is 5. The third-order valence-electron chi connectivity index (χ3n) is 11.1. The SMILES string of the molecule is Cc1ccnc(C(C)C)c1-n1c(=O)nc(N2CCC(C(=O)C(F)(F)F)CC2)c2cc(F)c(-c3c(F)cccc3O[Si](c3ccccc3)(c3ccccc3)C(C)(C)C)nc21. The van der Waals surface area contributed by atoms with Crippen molar-refractivity contribution < 1.29 is 31.2 Å². The van der Waals surface area contributed by atoms with Gasteiger partial charge in [-0.15, -0.1) is 0 Å². The Morgan fingerprint density at radius 1 is 0.847 bits per heavy atom. The van der Waals surface area contributed by atoms with Crippen molar-refractivity contribution in [1.82, 2.24) is 19.5 Å². The summed E-state index contributed by atoms with van der Waals surface area (Å²) in [4.78, 5) is 41.8. The van der Waals surface area contributed by atoms with Gasteiger partial charge in [-0.2, -0.15) is 18.2 Å². The van der Waals surface area contributed by atoms with Crippen molar-refractivity contribution in [2.45, 2.75) is 71.5 Å². The van der Waals surface area contributed by atoms with Crippen LogP contribution in [0.3, 0.4) is 0 Å². The molecule has 8 nitrogen and oxygen atoms in total. The standard InChI is InChI=1S/C45H44F5N5O3Si/c1-27(2)37-39(28(3)20-23-51-37)55-42-32(41(53-43(55)57)54-24-21-29(22-25-54)40(56)45(48,49)50)26-34(47)38(52-42)36-33(46)18-13-19-35(36)58-59(44(4,5)6,30-14-9-7-10-15-30)31-16-11-8-12-17-31/h7-20,23,26-27,29H,21-22,24-25H2,1-6H3. The number of alkyl halides is 3. The van der Waals surface area contributed by atoms with Gasteiger partial charge >= 0.3 is 20.2 Å². The quantitative estimate of drug-likeness (QED) is 0.106. The van der Waals surface area contributed by atoms with Crippen molar-refractivity contribution in [3.8, 4) is 22.7 Å². The Morgan fingerprint density at radius 2 is 1.46 bits per heavy atom. The number of hydrogen-bond acceptors (Lipinski definition) is 7. The molecule has 7 rings (SSSR count). The molecule has 0 N–H and O–H groups in total. The maximum absolute atomic E-state index is 17.1. The Balaban J connectivity index is 1.48. The number of ketones is 1. The summed E-state index contributed by atoms with van der Waals surface area (Å²) < 4.78 is 82.1. The number of pyridine rings is 2. The number of anilines is 1. The largest absolute Gasteiger partial charge is 0.533 e. The van der Waals surface area contributed by atoms with Gasteiger partial charge in [0.2, 0.25) is 5.78 Å². The van der Waals surface area contributed by atoms with Gasteiger partial charge in [-0.05, 0) is 70.9 Å². The second kappa shape index (κ2) is 15.8. The molecule has 0 amide bonds. The van der Waals surface area contributed by atoms with Crippen LogP contribution in [0.5, 0.6) is 5.75 Å². The van der Waals surface area contributed by atoms with Crippen LogP contribution in [-0.2, 0) is 4.79 Å². The topological polar surface area (TPSA) is 90.2 Å². The molecule has 0 spiro atoms. The fraction of sp³-hybridized carbons (Fsp3) is 0.311. The van der Waals surface area contributed by atoms with E-state index in [-0.39, 0.29) is 60.0 Å². The average molecular weight is 826 g/mol. The fourth-order valence-electron chi connectivity index (χ4n) is 8.23. The predicted molar refractivity (Wildman–Crippen MR) is 221 cm³/mol. The van der Waals surface area contributed by atoms with Crippen LogP contribution < -0.4 is 25.4 Å². The molecule has 3 aromatic heterocycles. The van der Waals surface area contributed by atoms with Crippen LogP contribution in [0, 0.1) is 24.5 Å². The van der Waals surface area contributed by atoms with Gasteiger partial charge in [-0.3, -0.25) is 9.78 Å². The number of hydrogen-bond donors (Lipinski definition) is 0. The number of piperidine rings is 1. The van der Waals surface area contributed by atoms with Gasteiger partial charge in [0.1, 0.15) is 23.1 Å². The van der Waals surface area contributed by atoms with Crippen LogP contribution >= 0.6 is 0 Å². The van der Waals surface area contributed by atoms with Gasteiger partial charge in [0.05, 0.1) is 22.3 Å².